The lowest BCUT2D eigenvalue weighted by Gasteiger charge is -2.29. The molecule has 1 N–H and O–H groups in total. The minimum absolute atomic E-state index is 0.638. The Hall–Kier alpha value is -2.77. The number of fused-ring (bicyclic) bond motifs is 1. The van der Waals surface area contributed by atoms with E-state index in [9.17, 15) is 0 Å². The van der Waals surface area contributed by atoms with Crippen LogP contribution >= 0.6 is 0 Å². The lowest BCUT2D eigenvalue weighted by molar-refractivity contribution is 0.122. The summed E-state index contributed by atoms with van der Waals surface area (Å²) in [6, 6.07) is 12.3. The predicted octanol–water partition coefficient (Wildman–Crippen LogP) is 2.08. The molecule has 0 saturated carbocycles. The van der Waals surface area contributed by atoms with Crippen LogP contribution in [0.15, 0.2) is 36.4 Å². The van der Waals surface area contributed by atoms with Crippen molar-refractivity contribution in [2.45, 2.75) is 20.0 Å². The fraction of sp³-hybridized carbons (Fsp3) is 0.350. The summed E-state index contributed by atoms with van der Waals surface area (Å²) in [6.45, 7) is 6.82. The van der Waals surface area contributed by atoms with Crippen LogP contribution in [0.2, 0.25) is 0 Å². The molecule has 3 aromatic rings. The Labute approximate surface area is 158 Å². The number of benzene rings is 1. The number of ether oxygens (including phenoxy) is 1. The van der Waals surface area contributed by atoms with Crippen LogP contribution in [0.4, 0.5) is 5.82 Å². The van der Waals surface area contributed by atoms with Crippen LogP contribution in [0, 0.1) is 6.92 Å². The number of hydrogen-bond acceptors (Lipinski definition) is 6. The fourth-order valence-electron chi connectivity index (χ4n) is 3.70. The topological polar surface area (TPSA) is 68.1 Å². The molecule has 0 amide bonds. The number of nitrogens with zero attached hydrogens (tertiary/aromatic N) is 5. The summed E-state index contributed by atoms with van der Waals surface area (Å²) in [5.41, 5.74) is 5.32. The molecule has 1 aromatic carbocycles. The Morgan fingerprint density at radius 1 is 1.04 bits per heavy atom. The second-order valence-corrected chi connectivity index (χ2v) is 6.92. The molecule has 1 saturated heterocycles. The summed E-state index contributed by atoms with van der Waals surface area (Å²) in [6.07, 6.45) is 0. The van der Waals surface area contributed by atoms with E-state index in [0.29, 0.717) is 5.95 Å². The number of aryl methyl sites for hydroxylation is 1. The Morgan fingerprint density at radius 3 is 2.67 bits per heavy atom. The van der Waals surface area contributed by atoms with E-state index in [1.165, 1.54) is 5.56 Å². The molecule has 0 radical (unpaired) electrons. The number of morpholine rings is 1. The zero-order chi connectivity index (χ0) is 18.2. The van der Waals surface area contributed by atoms with Gasteiger partial charge in [-0.2, -0.15) is 10.1 Å². The standard InChI is InChI=1S/C20H22N6O/c1-14-11-17(15-5-3-2-4-6-15)24-26(14)20-22-18-13-21-12-16(18)19(23-20)25-7-9-27-10-8-25/h2-6,11,21H,7-10,12-13H2,1H3. The van der Waals surface area contributed by atoms with E-state index in [0.717, 1.165) is 67.9 Å². The molecule has 7 nitrogen and oxygen atoms in total. The maximum atomic E-state index is 5.51. The molecule has 2 aliphatic rings. The number of rotatable bonds is 3. The van der Waals surface area contributed by atoms with Gasteiger partial charge < -0.3 is 15.0 Å². The summed E-state index contributed by atoms with van der Waals surface area (Å²) in [5.74, 6) is 1.65. The van der Waals surface area contributed by atoms with Gasteiger partial charge in [-0.3, -0.25) is 0 Å². The van der Waals surface area contributed by atoms with Gasteiger partial charge in [-0.05, 0) is 13.0 Å². The molecule has 138 valence electrons. The van der Waals surface area contributed by atoms with Crippen molar-refractivity contribution in [3.63, 3.8) is 0 Å². The summed E-state index contributed by atoms with van der Waals surface area (Å²) >= 11 is 0. The normalized spacial score (nSPS) is 16.6. The number of nitrogens with one attached hydrogen (secondary N) is 1. The largest absolute Gasteiger partial charge is 0.378 e. The highest BCUT2D eigenvalue weighted by Gasteiger charge is 2.25. The molecule has 27 heavy (non-hydrogen) atoms. The van der Waals surface area contributed by atoms with Crippen molar-refractivity contribution in [1.29, 1.82) is 0 Å². The predicted molar refractivity (Wildman–Crippen MR) is 103 cm³/mol. The van der Waals surface area contributed by atoms with Gasteiger partial charge >= 0.3 is 0 Å². The van der Waals surface area contributed by atoms with Gasteiger partial charge in [0.25, 0.3) is 5.95 Å². The molecule has 0 atom stereocenters. The lowest BCUT2D eigenvalue weighted by atomic mass is 10.1. The third-order valence-corrected chi connectivity index (χ3v) is 5.11. The molecule has 0 bridgehead atoms. The highest BCUT2D eigenvalue weighted by Crippen LogP contribution is 2.27. The Kier molecular flexibility index (Phi) is 4.10. The quantitative estimate of drug-likeness (QED) is 0.769. The molecule has 0 aliphatic carbocycles. The average molecular weight is 362 g/mol. The molecule has 2 aromatic heterocycles. The monoisotopic (exact) mass is 362 g/mol. The Bertz CT molecular complexity index is 962. The molecule has 0 spiro atoms. The third kappa shape index (κ3) is 2.98. The lowest BCUT2D eigenvalue weighted by Crippen LogP contribution is -2.37. The average Bonchev–Trinajstić information content (AvgIpc) is 3.35. The number of anilines is 1. The van der Waals surface area contributed by atoms with Gasteiger partial charge in [-0.15, -0.1) is 0 Å². The van der Waals surface area contributed by atoms with E-state index in [-0.39, 0.29) is 0 Å². The van der Waals surface area contributed by atoms with Crippen LogP contribution in [-0.2, 0) is 17.8 Å². The maximum Gasteiger partial charge on any atom is 0.253 e. The third-order valence-electron chi connectivity index (χ3n) is 5.11. The first kappa shape index (κ1) is 16.4. The van der Waals surface area contributed by atoms with Crippen molar-refractivity contribution in [1.82, 2.24) is 25.1 Å². The molecular formula is C20H22N6O. The van der Waals surface area contributed by atoms with Crippen molar-refractivity contribution < 1.29 is 4.74 Å². The molecule has 0 unspecified atom stereocenters. The Balaban J connectivity index is 1.59. The van der Waals surface area contributed by atoms with Crippen molar-refractivity contribution >= 4 is 5.82 Å². The first-order valence-electron chi connectivity index (χ1n) is 9.35. The van der Waals surface area contributed by atoms with Gasteiger partial charge in [-0.25, -0.2) is 9.67 Å². The first-order valence-corrected chi connectivity index (χ1v) is 9.35. The molecule has 4 heterocycles. The van der Waals surface area contributed by atoms with Crippen LogP contribution in [0.3, 0.4) is 0 Å². The molecule has 1 fully saturated rings. The second kappa shape index (κ2) is 6.75. The molecule has 5 rings (SSSR count). The Morgan fingerprint density at radius 2 is 1.85 bits per heavy atom. The van der Waals surface area contributed by atoms with Crippen molar-refractivity contribution in [2.75, 3.05) is 31.2 Å². The fourth-order valence-corrected chi connectivity index (χ4v) is 3.70. The van der Waals surface area contributed by atoms with Gasteiger partial charge in [0.1, 0.15) is 5.82 Å². The minimum atomic E-state index is 0.638. The zero-order valence-corrected chi connectivity index (χ0v) is 15.4. The first-order chi connectivity index (χ1) is 13.3. The van der Waals surface area contributed by atoms with Crippen LogP contribution in [-0.4, -0.2) is 46.1 Å². The second-order valence-electron chi connectivity index (χ2n) is 6.92. The van der Waals surface area contributed by atoms with Gasteiger partial charge in [-0.1, -0.05) is 30.3 Å². The van der Waals surface area contributed by atoms with Crippen LogP contribution in [0.1, 0.15) is 17.0 Å². The maximum absolute atomic E-state index is 5.51. The van der Waals surface area contributed by atoms with Crippen LogP contribution in [0.5, 0.6) is 0 Å². The van der Waals surface area contributed by atoms with Crippen molar-refractivity contribution in [2.24, 2.45) is 0 Å². The van der Waals surface area contributed by atoms with Gasteiger partial charge in [0, 0.05) is 43.0 Å². The summed E-state index contributed by atoms with van der Waals surface area (Å²) < 4.78 is 7.36. The van der Waals surface area contributed by atoms with E-state index in [1.54, 1.807) is 0 Å². The minimum Gasteiger partial charge on any atom is -0.378 e. The van der Waals surface area contributed by atoms with Crippen molar-refractivity contribution in [3.8, 4) is 17.2 Å². The van der Waals surface area contributed by atoms with E-state index in [4.69, 9.17) is 19.8 Å². The summed E-state index contributed by atoms with van der Waals surface area (Å²) in [7, 11) is 0. The van der Waals surface area contributed by atoms with Gasteiger partial charge in [0.05, 0.1) is 24.6 Å². The highest BCUT2D eigenvalue weighted by molar-refractivity contribution is 5.60. The van der Waals surface area contributed by atoms with E-state index >= 15 is 0 Å². The number of aromatic nitrogens is 4. The van der Waals surface area contributed by atoms with Crippen LogP contribution < -0.4 is 10.2 Å². The molecule has 7 heteroatoms. The summed E-state index contributed by atoms with van der Waals surface area (Å²) in [4.78, 5) is 12.0. The van der Waals surface area contributed by atoms with E-state index in [1.807, 2.05) is 29.8 Å². The van der Waals surface area contributed by atoms with Gasteiger partial charge in [0.2, 0.25) is 0 Å². The SMILES string of the molecule is Cc1cc(-c2ccccc2)nn1-c1nc2c(c(N3CCOCC3)n1)CNC2. The smallest absolute Gasteiger partial charge is 0.253 e. The van der Waals surface area contributed by atoms with E-state index < -0.39 is 0 Å². The van der Waals surface area contributed by atoms with Crippen LogP contribution in [0.25, 0.3) is 17.2 Å². The van der Waals surface area contributed by atoms with E-state index in [2.05, 4.69) is 28.4 Å². The number of hydrogen-bond donors (Lipinski definition) is 1. The van der Waals surface area contributed by atoms with Gasteiger partial charge in [0.15, 0.2) is 0 Å². The molecule has 2 aliphatic heterocycles. The zero-order valence-electron chi connectivity index (χ0n) is 15.4. The van der Waals surface area contributed by atoms with Crippen molar-refractivity contribution in [3.05, 3.63) is 53.3 Å². The highest BCUT2D eigenvalue weighted by atomic mass is 16.5. The molecular weight excluding hydrogens is 340 g/mol. The summed E-state index contributed by atoms with van der Waals surface area (Å²) in [5, 5.41) is 8.19.